The van der Waals surface area contributed by atoms with Crippen LogP contribution in [0, 0.1) is 10.1 Å². The van der Waals surface area contributed by atoms with Crippen LogP contribution in [0.2, 0.25) is 0 Å². The molecule has 3 aromatic rings. The second-order valence-electron chi connectivity index (χ2n) is 4.84. The van der Waals surface area contributed by atoms with E-state index >= 15 is 0 Å². The zero-order valence-electron chi connectivity index (χ0n) is 11.8. The Morgan fingerprint density at radius 1 is 1.23 bits per heavy atom. The summed E-state index contributed by atoms with van der Waals surface area (Å²) in [6, 6.07) is 10.3. The number of hydrogen-bond donors (Lipinski definition) is 0. The highest BCUT2D eigenvalue weighted by Gasteiger charge is 2.14. The lowest BCUT2D eigenvalue weighted by atomic mass is 10.2. The monoisotopic (exact) mass is 362 g/mol. The third kappa shape index (κ3) is 3.48. The Bertz CT molecular complexity index is 788. The van der Waals surface area contributed by atoms with Gasteiger partial charge in [0.1, 0.15) is 12.4 Å². The van der Waals surface area contributed by atoms with E-state index in [4.69, 9.17) is 0 Å². The summed E-state index contributed by atoms with van der Waals surface area (Å²) in [7, 11) is 0. The van der Waals surface area contributed by atoms with Gasteiger partial charge < -0.3 is 27.1 Å². The molecule has 0 aliphatic heterocycles. The van der Waals surface area contributed by atoms with Crippen LogP contribution in [0.3, 0.4) is 0 Å². The van der Waals surface area contributed by atoms with Crippen LogP contribution < -0.4 is 21.5 Å². The summed E-state index contributed by atoms with van der Waals surface area (Å²) in [6.45, 7) is 1.39. The van der Waals surface area contributed by atoms with Crippen molar-refractivity contribution < 1.29 is 26.5 Å². The maximum atomic E-state index is 10.8. The Hall–Kier alpha value is -2.28. The van der Waals surface area contributed by atoms with Gasteiger partial charge in [0.15, 0.2) is 18.9 Å². The first-order chi connectivity index (χ1) is 10.2. The molecule has 0 atom stereocenters. The Morgan fingerprint density at radius 2 is 2.00 bits per heavy atom. The zero-order chi connectivity index (χ0) is 14.7. The minimum atomic E-state index is -0.455. The van der Waals surface area contributed by atoms with Gasteiger partial charge in [-0.1, -0.05) is 23.2 Å². The van der Waals surface area contributed by atoms with Crippen LogP contribution in [0.25, 0.3) is 10.8 Å². The maximum Gasteiger partial charge on any atom is 0.434 e. The molecule has 2 aromatic heterocycles. The first-order valence-corrected chi connectivity index (χ1v) is 6.77. The highest BCUT2D eigenvalue weighted by molar-refractivity contribution is 5.80. The summed E-state index contributed by atoms with van der Waals surface area (Å²) in [5.74, 6) is -0.0986. The van der Waals surface area contributed by atoms with E-state index in [2.05, 4.69) is 33.9 Å². The van der Waals surface area contributed by atoms with Crippen molar-refractivity contribution in [1.82, 2.24) is 9.55 Å². The van der Waals surface area contributed by atoms with Crippen LogP contribution in [0.1, 0.15) is 6.42 Å². The van der Waals surface area contributed by atoms with Crippen LogP contribution in [-0.4, -0.2) is 14.5 Å². The SMILES string of the molecule is O=[N+]([O-])c1nccn1CCC[n+]1ccc2ccccc2c1.[Br-]. The van der Waals surface area contributed by atoms with Gasteiger partial charge in [-0.15, -0.1) is 0 Å². The van der Waals surface area contributed by atoms with E-state index in [1.807, 2.05) is 18.3 Å². The van der Waals surface area contributed by atoms with Gasteiger partial charge in [-0.3, -0.25) is 0 Å². The van der Waals surface area contributed by atoms with E-state index in [0.29, 0.717) is 6.54 Å². The number of benzene rings is 1. The van der Waals surface area contributed by atoms with E-state index < -0.39 is 4.92 Å². The lowest BCUT2D eigenvalue weighted by molar-refractivity contribution is -0.696. The second-order valence-corrected chi connectivity index (χ2v) is 4.84. The summed E-state index contributed by atoms with van der Waals surface area (Å²) in [6.07, 6.45) is 8.03. The van der Waals surface area contributed by atoms with E-state index in [1.165, 1.54) is 17.0 Å². The summed E-state index contributed by atoms with van der Waals surface area (Å²) >= 11 is 0. The molecule has 0 amide bonds. The molecular weight excluding hydrogens is 348 g/mol. The molecule has 7 heteroatoms. The molecule has 6 nitrogen and oxygen atoms in total. The molecule has 0 N–H and O–H groups in total. The molecule has 0 fully saturated rings. The lowest BCUT2D eigenvalue weighted by Gasteiger charge is -2.01. The van der Waals surface area contributed by atoms with Crippen molar-refractivity contribution in [1.29, 1.82) is 0 Å². The van der Waals surface area contributed by atoms with Gasteiger partial charge in [-0.2, -0.15) is 0 Å². The van der Waals surface area contributed by atoms with Gasteiger partial charge in [0.05, 0.1) is 6.54 Å². The van der Waals surface area contributed by atoms with Crippen LogP contribution >= 0.6 is 0 Å². The fourth-order valence-corrected chi connectivity index (χ4v) is 2.39. The molecule has 0 spiro atoms. The number of nitrogens with zero attached hydrogens (tertiary/aromatic N) is 4. The Morgan fingerprint density at radius 3 is 2.77 bits per heavy atom. The number of rotatable bonds is 5. The molecular formula is C15H15BrN4O2. The number of aromatic nitrogens is 3. The van der Waals surface area contributed by atoms with Crippen molar-refractivity contribution in [2.75, 3.05) is 0 Å². The van der Waals surface area contributed by atoms with Gasteiger partial charge in [-0.05, 0) is 16.4 Å². The smallest absolute Gasteiger partial charge is 0.434 e. The van der Waals surface area contributed by atoms with Crippen molar-refractivity contribution >= 4 is 16.7 Å². The Balaban J connectivity index is 0.00000176. The molecule has 0 radical (unpaired) electrons. The highest BCUT2D eigenvalue weighted by atomic mass is 79.9. The van der Waals surface area contributed by atoms with E-state index in [-0.39, 0.29) is 22.9 Å². The molecule has 0 saturated heterocycles. The molecule has 0 unspecified atom stereocenters. The van der Waals surface area contributed by atoms with E-state index in [0.717, 1.165) is 13.0 Å². The summed E-state index contributed by atoms with van der Waals surface area (Å²) in [5, 5.41) is 13.2. The average molecular weight is 363 g/mol. The summed E-state index contributed by atoms with van der Waals surface area (Å²) in [5.41, 5.74) is 0. The van der Waals surface area contributed by atoms with Crippen LogP contribution in [-0.2, 0) is 13.1 Å². The number of imidazole rings is 1. The largest absolute Gasteiger partial charge is 1.00 e. The summed E-state index contributed by atoms with van der Waals surface area (Å²) in [4.78, 5) is 14.1. The highest BCUT2D eigenvalue weighted by Crippen LogP contribution is 2.10. The van der Waals surface area contributed by atoms with Crippen LogP contribution in [0.4, 0.5) is 5.95 Å². The van der Waals surface area contributed by atoms with Crippen molar-refractivity contribution in [3.05, 3.63) is 65.2 Å². The number of nitro groups is 1. The first-order valence-electron chi connectivity index (χ1n) is 6.77. The number of pyridine rings is 1. The predicted octanol–water partition coefficient (Wildman–Crippen LogP) is -0.674. The van der Waals surface area contributed by atoms with Crippen molar-refractivity contribution in [2.45, 2.75) is 19.5 Å². The molecule has 2 heterocycles. The average Bonchev–Trinajstić information content (AvgIpc) is 2.96. The predicted molar refractivity (Wildman–Crippen MR) is 77.6 cm³/mol. The third-order valence-electron chi connectivity index (χ3n) is 3.42. The topological polar surface area (TPSA) is 64.8 Å². The number of aryl methyl sites for hydroxylation is 2. The third-order valence-corrected chi connectivity index (χ3v) is 3.42. The van der Waals surface area contributed by atoms with Crippen molar-refractivity contribution in [2.24, 2.45) is 0 Å². The number of fused-ring (bicyclic) bond motifs is 1. The van der Waals surface area contributed by atoms with Crippen molar-refractivity contribution in [3.63, 3.8) is 0 Å². The van der Waals surface area contributed by atoms with Gasteiger partial charge in [-0.25, -0.2) is 9.13 Å². The fraction of sp³-hybridized carbons (Fsp3) is 0.200. The van der Waals surface area contributed by atoms with Crippen LogP contribution in [0.15, 0.2) is 55.1 Å². The van der Waals surface area contributed by atoms with Gasteiger partial charge in [0.2, 0.25) is 0 Å². The zero-order valence-corrected chi connectivity index (χ0v) is 13.4. The van der Waals surface area contributed by atoms with Gasteiger partial charge in [0, 0.05) is 17.9 Å². The fourth-order valence-electron chi connectivity index (χ4n) is 2.39. The normalized spacial score (nSPS) is 10.4. The number of halogens is 1. The quantitative estimate of drug-likeness (QED) is 0.343. The second kappa shape index (κ2) is 7.13. The first kappa shape index (κ1) is 16.1. The minimum absolute atomic E-state index is 0. The Kier molecular flexibility index (Phi) is 5.21. The standard InChI is InChI=1S/C15H15N4O2.BrH/c20-19(21)15-16-7-11-18(15)9-3-8-17-10-6-13-4-1-2-5-14(13)12-17;/h1-2,4-7,10-12H,3,8-9H2;1H/q+1;/p-1. The Labute approximate surface area is 137 Å². The minimum Gasteiger partial charge on any atom is -1.00 e. The molecule has 22 heavy (non-hydrogen) atoms. The van der Waals surface area contributed by atoms with Gasteiger partial charge in [0.25, 0.3) is 0 Å². The molecule has 0 bridgehead atoms. The lowest BCUT2D eigenvalue weighted by Crippen LogP contribution is -3.00. The van der Waals surface area contributed by atoms with E-state index in [1.54, 1.807) is 10.8 Å². The van der Waals surface area contributed by atoms with Crippen LogP contribution in [0.5, 0.6) is 0 Å². The molecule has 0 saturated carbocycles. The molecule has 3 rings (SSSR count). The van der Waals surface area contributed by atoms with E-state index in [9.17, 15) is 10.1 Å². The maximum absolute atomic E-state index is 10.8. The summed E-state index contributed by atoms with van der Waals surface area (Å²) < 4.78 is 3.67. The molecule has 0 aliphatic rings. The molecule has 114 valence electrons. The molecule has 0 aliphatic carbocycles. The van der Waals surface area contributed by atoms with Crippen molar-refractivity contribution in [3.8, 4) is 0 Å². The molecule has 1 aromatic carbocycles. The van der Waals surface area contributed by atoms with Gasteiger partial charge >= 0.3 is 5.95 Å². The number of hydrogen-bond acceptors (Lipinski definition) is 3.